The maximum absolute atomic E-state index is 12.1. The molecule has 3 rings (SSSR count). The van der Waals surface area contributed by atoms with Gasteiger partial charge in [-0.2, -0.15) is 0 Å². The second-order valence-corrected chi connectivity index (χ2v) is 6.30. The van der Waals surface area contributed by atoms with E-state index in [1.54, 1.807) is 0 Å². The van der Waals surface area contributed by atoms with Gasteiger partial charge in [-0.05, 0) is 30.9 Å². The number of rotatable bonds is 5. The molecule has 1 N–H and O–H groups in total. The number of benzene rings is 2. The van der Waals surface area contributed by atoms with Crippen LogP contribution in [0, 0.1) is 0 Å². The molecular formula is C20H23NO2. The summed E-state index contributed by atoms with van der Waals surface area (Å²) in [5, 5.41) is 3.03. The third-order valence-electron chi connectivity index (χ3n) is 4.97. The summed E-state index contributed by atoms with van der Waals surface area (Å²) in [5.41, 5.74) is 2.35. The van der Waals surface area contributed by atoms with Gasteiger partial charge in [0.05, 0.1) is 0 Å². The molecule has 0 spiro atoms. The average molecular weight is 309 g/mol. The SMILES string of the molecule is CC(NC(=O)OCc1ccccc1)C1(c2ccccc2)CCC1. The number of carbonyl (C=O) groups is 1. The fourth-order valence-corrected chi connectivity index (χ4v) is 3.38. The monoisotopic (exact) mass is 309 g/mol. The number of alkyl carbamates (subject to hydrolysis) is 1. The van der Waals surface area contributed by atoms with Crippen LogP contribution in [0.15, 0.2) is 60.7 Å². The third kappa shape index (κ3) is 3.39. The van der Waals surface area contributed by atoms with Gasteiger partial charge in [0, 0.05) is 11.5 Å². The average Bonchev–Trinajstić information content (AvgIpc) is 2.54. The van der Waals surface area contributed by atoms with Gasteiger partial charge in [0.1, 0.15) is 6.61 Å². The Bertz CT molecular complexity index is 635. The van der Waals surface area contributed by atoms with Crippen molar-refractivity contribution in [2.75, 3.05) is 0 Å². The van der Waals surface area contributed by atoms with E-state index < -0.39 is 0 Å². The van der Waals surface area contributed by atoms with Crippen LogP contribution in [0.3, 0.4) is 0 Å². The number of nitrogens with one attached hydrogen (secondary N) is 1. The van der Waals surface area contributed by atoms with Gasteiger partial charge in [0.25, 0.3) is 0 Å². The van der Waals surface area contributed by atoms with Crippen molar-refractivity contribution in [2.45, 2.75) is 44.2 Å². The Kier molecular flexibility index (Phi) is 4.65. The molecule has 0 bridgehead atoms. The molecule has 1 aliphatic carbocycles. The van der Waals surface area contributed by atoms with Crippen LogP contribution >= 0.6 is 0 Å². The summed E-state index contributed by atoms with van der Waals surface area (Å²) in [6.07, 6.45) is 3.08. The molecule has 1 amide bonds. The van der Waals surface area contributed by atoms with Crippen LogP contribution in [-0.2, 0) is 16.8 Å². The van der Waals surface area contributed by atoms with E-state index in [2.05, 4.69) is 36.5 Å². The van der Waals surface area contributed by atoms with Crippen molar-refractivity contribution in [3.63, 3.8) is 0 Å². The molecule has 1 aliphatic rings. The summed E-state index contributed by atoms with van der Waals surface area (Å²) >= 11 is 0. The summed E-state index contributed by atoms with van der Waals surface area (Å²) in [6.45, 7) is 2.38. The minimum atomic E-state index is -0.344. The molecule has 0 radical (unpaired) electrons. The molecule has 1 fully saturated rings. The van der Waals surface area contributed by atoms with Crippen LogP contribution in [0.4, 0.5) is 4.79 Å². The number of amides is 1. The van der Waals surface area contributed by atoms with Crippen LogP contribution in [0.5, 0.6) is 0 Å². The zero-order valence-electron chi connectivity index (χ0n) is 13.5. The molecule has 23 heavy (non-hydrogen) atoms. The zero-order chi connectivity index (χ0) is 16.1. The molecule has 0 heterocycles. The highest BCUT2D eigenvalue weighted by Crippen LogP contribution is 2.46. The van der Waals surface area contributed by atoms with Crippen LogP contribution in [0.2, 0.25) is 0 Å². The van der Waals surface area contributed by atoms with Crippen LogP contribution in [0.25, 0.3) is 0 Å². The van der Waals surface area contributed by atoms with E-state index >= 15 is 0 Å². The Morgan fingerprint density at radius 2 is 1.70 bits per heavy atom. The highest BCUT2D eigenvalue weighted by atomic mass is 16.5. The number of hydrogen-bond donors (Lipinski definition) is 1. The maximum Gasteiger partial charge on any atom is 0.407 e. The van der Waals surface area contributed by atoms with E-state index in [4.69, 9.17) is 4.74 Å². The predicted octanol–water partition coefficient (Wildman–Crippen LogP) is 4.42. The lowest BCUT2D eigenvalue weighted by Crippen LogP contribution is -2.52. The first kappa shape index (κ1) is 15.6. The molecule has 0 aliphatic heterocycles. The van der Waals surface area contributed by atoms with E-state index in [9.17, 15) is 4.79 Å². The first-order valence-corrected chi connectivity index (χ1v) is 8.23. The highest BCUT2D eigenvalue weighted by Gasteiger charge is 2.44. The normalized spacial score (nSPS) is 16.9. The van der Waals surface area contributed by atoms with Crippen LogP contribution < -0.4 is 5.32 Å². The van der Waals surface area contributed by atoms with Crippen molar-refractivity contribution in [2.24, 2.45) is 0 Å². The van der Waals surface area contributed by atoms with Gasteiger partial charge in [0.15, 0.2) is 0 Å². The van der Waals surface area contributed by atoms with Gasteiger partial charge in [-0.15, -0.1) is 0 Å². The molecule has 2 aromatic rings. The van der Waals surface area contributed by atoms with E-state index in [0.29, 0.717) is 6.61 Å². The molecular weight excluding hydrogens is 286 g/mol. The minimum absolute atomic E-state index is 0.0486. The van der Waals surface area contributed by atoms with Crippen LogP contribution in [0.1, 0.15) is 37.3 Å². The van der Waals surface area contributed by atoms with E-state index in [1.165, 1.54) is 12.0 Å². The molecule has 1 unspecified atom stereocenters. The number of carbonyl (C=O) groups excluding carboxylic acids is 1. The fourth-order valence-electron chi connectivity index (χ4n) is 3.38. The zero-order valence-corrected chi connectivity index (χ0v) is 13.5. The molecule has 120 valence electrons. The fraction of sp³-hybridized carbons (Fsp3) is 0.350. The van der Waals surface area contributed by atoms with Gasteiger partial charge in [-0.3, -0.25) is 0 Å². The molecule has 0 aromatic heterocycles. The van der Waals surface area contributed by atoms with Crippen molar-refractivity contribution in [1.29, 1.82) is 0 Å². The van der Waals surface area contributed by atoms with Gasteiger partial charge in [-0.1, -0.05) is 67.1 Å². The number of hydrogen-bond acceptors (Lipinski definition) is 2. The number of ether oxygens (including phenoxy) is 1. The van der Waals surface area contributed by atoms with Crippen molar-refractivity contribution in [3.05, 3.63) is 71.8 Å². The van der Waals surface area contributed by atoms with Crippen LogP contribution in [-0.4, -0.2) is 12.1 Å². The molecule has 0 saturated heterocycles. The standard InChI is InChI=1S/C20H23NO2/c1-16(20(13-8-14-20)18-11-6-3-7-12-18)21-19(22)23-15-17-9-4-2-5-10-17/h2-7,9-12,16H,8,13-15H2,1H3,(H,21,22). The lowest BCUT2D eigenvalue weighted by atomic mass is 9.60. The lowest BCUT2D eigenvalue weighted by Gasteiger charge is -2.47. The van der Waals surface area contributed by atoms with Gasteiger partial charge >= 0.3 is 6.09 Å². The van der Waals surface area contributed by atoms with E-state index in [1.807, 2.05) is 36.4 Å². The van der Waals surface area contributed by atoms with Gasteiger partial charge in [0.2, 0.25) is 0 Å². The Hall–Kier alpha value is -2.29. The van der Waals surface area contributed by atoms with Crippen molar-refractivity contribution in [3.8, 4) is 0 Å². The van der Waals surface area contributed by atoms with Crippen molar-refractivity contribution in [1.82, 2.24) is 5.32 Å². The molecule has 1 atom stereocenters. The Labute approximate surface area is 137 Å². The third-order valence-corrected chi connectivity index (χ3v) is 4.97. The summed E-state index contributed by atoms with van der Waals surface area (Å²) in [6, 6.07) is 20.3. The second-order valence-electron chi connectivity index (χ2n) is 6.30. The smallest absolute Gasteiger partial charge is 0.407 e. The summed E-state index contributed by atoms with van der Waals surface area (Å²) < 4.78 is 5.35. The molecule has 3 nitrogen and oxygen atoms in total. The van der Waals surface area contributed by atoms with Crippen molar-refractivity contribution >= 4 is 6.09 Å². The molecule has 2 aromatic carbocycles. The second kappa shape index (κ2) is 6.86. The first-order valence-electron chi connectivity index (χ1n) is 8.23. The van der Waals surface area contributed by atoms with Gasteiger partial charge < -0.3 is 10.1 Å². The summed E-state index contributed by atoms with van der Waals surface area (Å²) in [5.74, 6) is 0. The topological polar surface area (TPSA) is 38.3 Å². The minimum Gasteiger partial charge on any atom is -0.445 e. The molecule has 1 saturated carbocycles. The quantitative estimate of drug-likeness (QED) is 0.887. The lowest BCUT2D eigenvalue weighted by molar-refractivity contribution is 0.118. The Balaban J connectivity index is 1.59. The van der Waals surface area contributed by atoms with E-state index in [0.717, 1.165) is 18.4 Å². The summed E-state index contributed by atoms with van der Waals surface area (Å²) in [4.78, 5) is 12.1. The Morgan fingerprint density at radius 3 is 2.26 bits per heavy atom. The highest BCUT2D eigenvalue weighted by molar-refractivity contribution is 5.68. The Morgan fingerprint density at radius 1 is 1.09 bits per heavy atom. The maximum atomic E-state index is 12.1. The first-order chi connectivity index (χ1) is 11.2. The van der Waals surface area contributed by atoms with Gasteiger partial charge in [-0.25, -0.2) is 4.79 Å². The van der Waals surface area contributed by atoms with Crippen molar-refractivity contribution < 1.29 is 9.53 Å². The predicted molar refractivity (Wildman–Crippen MR) is 91.2 cm³/mol. The summed E-state index contributed by atoms with van der Waals surface area (Å²) in [7, 11) is 0. The largest absolute Gasteiger partial charge is 0.445 e. The van der Waals surface area contributed by atoms with E-state index in [-0.39, 0.29) is 17.6 Å². The molecule has 3 heteroatoms.